The first-order valence-electron chi connectivity index (χ1n) is 17.1. The van der Waals surface area contributed by atoms with E-state index in [0.29, 0.717) is 32.5 Å². The van der Waals surface area contributed by atoms with Gasteiger partial charge < -0.3 is 24.5 Å². The van der Waals surface area contributed by atoms with Crippen molar-refractivity contribution in [3.8, 4) is 0 Å². The fraction of sp³-hybridized carbons (Fsp3) is 0.500. The molecule has 2 saturated heterocycles. The smallest absolute Gasteiger partial charge is 0.249 e. The molecule has 4 heterocycles. The first-order valence-corrected chi connectivity index (χ1v) is 17.1. The minimum Gasteiger partial charge on any atom is -0.394 e. The number of aliphatic hydroxyl groups is 1. The second-order valence-corrected chi connectivity index (χ2v) is 13.7. The van der Waals surface area contributed by atoms with Crippen molar-refractivity contribution >= 4 is 17.7 Å². The second kappa shape index (κ2) is 12.5. The van der Waals surface area contributed by atoms with E-state index in [2.05, 4.69) is 0 Å². The van der Waals surface area contributed by atoms with Crippen molar-refractivity contribution in [3.63, 3.8) is 0 Å². The summed E-state index contributed by atoms with van der Waals surface area (Å²) in [5, 5.41) is 10.9. The van der Waals surface area contributed by atoms with E-state index in [1.165, 1.54) is 0 Å². The molecule has 242 valence electrons. The molecule has 6 atom stereocenters. The lowest BCUT2D eigenvalue weighted by Gasteiger charge is -2.42. The van der Waals surface area contributed by atoms with Gasteiger partial charge >= 0.3 is 0 Å². The van der Waals surface area contributed by atoms with Gasteiger partial charge in [0.1, 0.15) is 11.6 Å². The number of ether oxygens (including phenoxy) is 1. The van der Waals surface area contributed by atoms with Crippen LogP contribution >= 0.6 is 0 Å². The van der Waals surface area contributed by atoms with Crippen molar-refractivity contribution in [2.45, 2.75) is 87.7 Å². The van der Waals surface area contributed by atoms with Gasteiger partial charge in [-0.1, -0.05) is 111 Å². The quantitative estimate of drug-likeness (QED) is 0.444. The fourth-order valence-electron chi connectivity index (χ4n) is 8.96. The van der Waals surface area contributed by atoms with Gasteiger partial charge in [-0.3, -0.25) is 14.4 Å². The summed E-state index contributed by atoms with van der Waals surface area (Å²) in [7, 11) is 0. The maximum atomic E-state index is 15.1. The van der Waals surface area contributed by atoms with Gasteiger partial charge in [-0.25, -0.2) is 0 Å². The van der Waals surface area contributed by atoms with Gasteiger partial charge in [0.25, 0.3) is 0 Å². The van der Waals surface area contributed by atoms with E-state index in [1.807, 2.05) is 102 Å². The molecule has 8 heteroatoms. The summed E-state index contributed by atoms with van der Waals surface area (Å²) in [5.41, 5.74) is -0.396. The third-order valence-corrected chi connectivity index (χ3v) is 11.1. The molecular weight excluding hydrogens is 578 g/mol. The van der Waals surface area contributed by atoms with Crippen molar-refractivity contribution in [1.29, 1.82) is 0 Å². The van der Waals surface area contributed by atoms with Gasteiger partial charge in [0.2, 0.25) is 17.7 Å². The highest BCUT2D eigenvalue weighted by Gasteiger charge is 2.76. The number of rotatable bonds is 8. The van der Waals surface area contributed by atoms with Gasteiger partial charge in [-0.05, 0) is 36.8 Å². The highest BCUT2D eigenvalue weighted by atomic mass is 16.5. The van der Waals surface area contributed by atoms with Crippen LogP contribution in [-0.4, -0.2) is 86.6 Å². The summed E-state index contributed by atoms with van der Waals surface area (Å²) in [6.07, 6.45) is 13.9. The maximum Gasteiger partial charge on any atom is 0.249 e. The molecule has 7 rings (SSSR count). The number of hydrogen-bond donors (Lipinski definition) is 1. The molecule has 1 N–H and O–H groups in total. The third kappa shape index (κ3) is 5.01. The monoisotopic (exact) mass is 623 g/mol. The summed E-state index contributed by atoms with van der Waals surface area (Å²) in [6.45, 7) is 2.95. The minimum absolute atomic E-state index is 0.0914. The number of benzene rings is 2. The van der Waals surface area contributed by atoms with Crippen LogP contribution in [0.15, 0.2) is 85.0 Å². The lowest BCUT2D eigenvalue weighted by molar-refractivity contribution is -0.158. The Morgan fingerprint density at radius 3 is 2.17 bits per heavy atom. The summed E-state index contributed by atoms with van der Waals surface area (Å²) in [4.78, 5) is 50.1. The molecule has 3 amide bonds. The Morgan fingerprint density at radius 2 is 1.50 bits per heavy atom. The molecule has 46 heavy (non-hydrogen) atoms. The molecule has 1 aliphatic carbocycles. The Kier molecular flexibility index (Phi) is 8.36. The standard InChI is InChI=1S/C38H45N3O5/c1-2-37-20-12-22-39(25-28-16-8-4-9-17-28)34(43)31(37)32-35(44)41(30(26-42)24-27-14-6-3-7-15-27)33-36(45)40(29-18-10-5-11-19-29)23-13-21-38(32,33)46-37/h3-4,6-9,12-17,20-21,29-33,42H,2,5,10-11,18-19,22-26H2,1H3/t30-,31-,32+,33?,37+,38+/m1/s1. The number of aliphatic hydroxyl groups excluding tert-OH is 1. The fourth-order valence-corrected chi connectivity index (χ4v) is 8.96. The first-order chi connectivity index (χ1) is 22.4. The van der Waals surface area contributed by atoms with Crippen LogP contribution in [0.25, 0.3) is 0 Å². The van der Waals surface area contributed by atoms with Crippen molar-refractivity contribution < 1.29 is 24.2 Å². The van der Waals surface area contributed by atoms with Crippen molar-refractivity contribution in [3.05, 3.63) is 96.1 Å². The Labute approximate surface area is 271 Å². The maximum absolute atomic E-state index is 15.1. The summed E-state index contributed by atoms with van der Waals surface area (Å²) >= 11 is 0. The van der Waals surface area contributed by atoms with Crippen LogP contribution in [0.1, 0.15) is 56.6 Å². The Morgan fingerprint density at radius 1 is 0.826 bits per heavy atom. The van der Waals surface area contributed by atoms with Gasteiger partial charge in [-0.2, -0.15) is 0 Å². The summed E-state index contributed by atoms with van der Waals surface area (Å²) < 4.78 is 7.19. The molecule has 0 aromatic heterocycles. The predicted octanol–water partition coefficient (Wildman–Crippen LogP) is 4.28. The van der Waals surface area contributed by atoms with Crippen LogP contribution in [0.2, 0.25) is 0 Å². The van der Waals surface area contributed by atoms with Crippen LogP contribution in [-0.2, 0) is 32.1 Å². The van der Waals surface area contributed by atoms with Gasteiger partial charge in [-0.15, -0.1) is 0 Å². The molecule has 4 aliphatic heterocycles. The lowest BCUT2D eigenvalue weighted by Crippen LogP contribution is -2.60. The van der Waals surface area contributed by atoms with Gasteiger partial charge in [0.15, 0.2) is 0 Å². The summed E-state index contributed by atoms with van der Waals surface area (Å²) in [6, 6.07) is 18.1. The first kappa shape index (κ1) is 30.9. The summed E-state index contributed by atoms with van der Waals surface area (Å²) in [5.74, 6) is -2.27. The van der Waals surface area contributed by atoms with E-state index in [0.717, 1.165) is 43.2 Å². The molecule has 2 aromatic rings. The molecule has 0 bridgehead atoms. The number of hydrogen-bond acceptors (Lipinski definition) is 5. The zero-order chi connectivity index (χ0) is 31.9. The van der Waals surface area contributed by atoms with Crippen molar-refractivity contribution in [1.82, 2.24) is 14.7 Å². The largest absolute Gasteiger partial charge is 0.394 e. The van der Waals surface area contributed by atoms with E-state index < -0.39 is 35.1 Å². The van der Waals surface area contributed by atoms with Crippen LogP contribution in [0.5, 0.6) is 0 Å². The zero-order valence-corrected chi connectivity index (χ0v) is 26.7. The predicted molar refractivity (Wildman–Crippen MR) is 174 cm³/mol. The van der Waals surface area contributed by atoms with Crippen molar-refractivity contribution in [2.75, 3.05) is 19.7 Å². The SMILES string of the molecule is CC[C@]12C=CCN(Cc3ccccc3)C(=O)[C@H]1[C@H]1C(=O)N([C@@H](CO)Cc3ccccc3)C3C(=O)N(C4CCCCC4)CC=C[C@@]31O2. The number of carbonyl (C=O) groups is 3. The van der Waals surface area contributed by atoms with E-state index in [4.69, 9.17) is 4.74 Å². The number of nitrogens with zero attached hydrogens (tertiary/aromatic N) is 3. The molecular formula is C38H45N3O5. The topological polar surface area (TPSA) is 90.4 Å². The molecule has 0 radical (unpaired) electrons. The molecule has 3 fully saturated rings. The average Bonchev–Trinajstić information content (AvgIpc) is 3.39. The zero-order valence-electron chi connectivity index (χ0n) is 26.7. The van der Waals surface area contributed by atoms with E-state index in [9.17, 15) is 14.7 Å². The third-order valence-electron chi connectivity index (χ3n) is 11.1. The molecule has 2 aromatic carbocycles. The van der Waals surface area contributed by atoms with Crippen LogP contribution in [0.3, 0.4) is 0 Å². The molecule has 1 unspecified atom stereocenters. The lowest BCUT2D eigenvalue weighted by atomic mass is 9.73. The minimum atomic E-state index is -1.34. The Balaban J connectivity index is 1.33. The highest BCUT2D eigenvalue weighted by molar-refractivity contribution is 6.00. The van der Waals surface area contributed by atoms with Crippen LogP contribution < -0.4 is 0 Å². The van der Waals surface area contributed by atoms with Gasteiger partial charge in [0, 0.05) is 25.7 Å². The number of fused-ring (bicyclic) bond motifs is 2. The molecule has 8 nitrogen and oxygen atoms in total. The molecule has 5 aliphatic rings. The number of carbonyl (C=O) groups excluding carboxylic acids is 3. The highest BCUT2D eigenvalue weighted by Crippen LogP contribution is 2.59. The van der Waals surface area contributed by atoms with Crippen LogP contribution in [0.4, 0.5) is 0 Å². The normalized spacial score (nSPS) is 31.8. The Bertz CT molecular complexity index is 1500. The average molecular weight is 624 g/mol. The van der Waals surface area contributed by atoms with Gasteiger partial charge in [0.05, 0.1) is 30.1 Å². The van der Waals surface area contributed by atoms with E-state index >= 15 is 4.79 Å². The van der Waals surface area contributed by atoms with E-state index in [1.54, 1.807) is 4.90 Å². The van der Waals surface area contributed by atoms with E-state index in [-0.39, 0.29) is 30.4 Å². The van der Waals surface area contributed by atoms with Crippen molar-refractivity contribution in [2.24, 2.45) is 11.8 Å². The molecule has 1 spiro atoms. The Hall–Kier alpha value is -3.75. The number of amides is 3. The molecule has 1 saturated carbocycles. The number of likely N-dealkylation sites (tertiary alicyclic amines) is 1. The van der Waals surface area contributed by atoms with Crippen LogP contribution in [0, 0.1) is 11.8 Å². The second-order valence-electron chi connectivity index (χ2n) is 13.7.